The highest BCUT2D eigenvalue weighted by atomic mass is 35.5. The molecule has 0 unspecified atom stereocenters. The van der Waals surface area contributed by atoms with Crippen LogP contribution < -0.4 is 5.32 Å². The summed E-state index contributed by atoms with van der Waals surface area (Å²) in [5.41, 5.74) is 2.73. The SMILES string of the molecule is CCCCCCCNc1c(Cl)ccc2nsnc12. The number of hydrogen-bond donors (Lipinski definition) is 1. The van der Waals surface area contributed by atoms with Crippen LogP contribution >= 0.6 is 23.3 Å². The zero-order valence-electron chi connectivity index (χ0n) is 10.6. The summed E-state index contributed by atoms with van der Waals surface area (Å²) < 4.78 is 8.51. The Hall–Kier alpha value is -0.870. The smallest absolute Gasteiger partial charge is 0.129 e. The summed E-state index contributed by atoms with van der Waals surface area (Å²) >= 11 is 7.42. The summed E-state index contributed by atoms with van der Waals surface area (Å²) in [6.45, 7) is 3.17. The fourth-order valence-electron chi connectivity index (χ4n) is 1.94. The van der Waals surface area contributed by atoms with Gasteiger partial charge in [-0.2, -0.15) is 8.75 Å². The lowest BCUT2D eigenvalue weighted by Crippen LogP contribution is -2.02. The number of unbranched alkanes of at least 4 members (excludes halogenated alkanes) is 4. The molecular weight excluding hydrogens is 266 g/mol. The second kappa shape index (κ2) is 6.90. The van der Waals surface area contributed by atoms with Crippen LogP contribution in [0.5, 0.6) is 0 Å². The molecule has 0 aliphatic carbocycles. The molecule has 0 aliphatic rings. The quantitative estimate of drug-likeness (QED) is 0.747. The Bertz CT molecular complexity index is 498. The Kier molecular flexibility index (Phi) is 5.20. The molecule has 0 fully saturated rings. The maximum atomic E-state index is 6.20. The van der Waals surface area contributed by atoms with Crippen LogP contribution in [-0.4, -0.2) is 15.3 Å². The summed E-state index contributed by atoms with van der Waals surface area (Å²) in [4.78, 5) is 0. The van der Waals surface area contributed by atoms with Gasteiger partial charge in [-0.3, -0.25) is 0 Å². The first-order valence-electron chi connectivity index (χ1n) is 6.47. The van der Waals surface area contributed by atoms with Gasteiger partial charge < -0.3 is 5.32 Å². The summed E-state index contributed by atoms with van der Waals surface area (Å²) in [6.07, 6.45) is 6.36. The summed E-state index contributed by atoms with van der Waals surface area (Å²) in [5, 5.41) is 4.12. The van der Waals surface area contributed by atoms with E-state index in [1.165, 1.54) is 43.8 Å². The Morgan fingerprint density at radius 3 is 2.83 bits per heavy atom. The van der Waals surface area contributed by atoms with Crippen LogP contribution in [0.4, 0.5) is 5.69 Å². The highest BCUT2D eigenvalue weighted by Gasteiger charge is 2.08. The van der Waals surface area contributed by atoms with E-state index in [0.717, 1.165) is 28.3 Å². The lowest BCUT2D eigenvalue weighted by Gasteiger charge is -2.08. The maximum absolute atomic E-state index is 6.20. The van der Waals surface area contributed by atoms with Crippen LogP contribution in [0.25, 0.3) is 11.0 Å². The van der Waals surface area contributed by atoms with E-state index in [4.69, 9.17) is 11.6 Å². The van der Waals surface area contributed by atoms with Gasteiger partial charge in [0.25, 0.3) is 0 Å². The van der Waals surface area contributed by atoms with Crippen molar-refractivity contribution in [3.05, 3.63) is 17.2 Å². The van der Waals surface area contributed by atoms with Gasteiger partial charge in [-0.15, -0.1) is 0 Å². The molecule has 18 heavy (non-hydrogen) atoms. The number of hydrogen-bond acceptors (Lipinski definition) is 4. The molecule has 0 radical (unpaired) electrons. The first kappa shape index (κ1) is 13.6. The molecule has 0 saturated heterocycles. The minimum atomic E-state index is 0.726. The Morgan fingerprint density at radius 2 is 2.00 bits per heavy atom. The zero-order chi connectivity index (χ0) is 12.8. The summed E-state index contributed by atoms with van der Waals surface area (Å²) in [7, 11) is 0. The zero-order valence-corrected chi connectivity index (χ0v) is 12.2. The van der Waals surface area contributed by atoms with Crippen molar-refractivity contribution in [1.29, 1.82) is 0 Å². The first-order chi connectivity index (χ1) is 8.83. The van der Waals surface area contributed by atoms with Crippen molar-refractivity contribution in [1.82, 2.24) is 8.75 Å². The van der Waals surface area contributed by atoms with Gasteiger partial charge in [-0.05, 0) is 18.6 Å². The predicted molar refractivity (Wildman–Crippen MR) is 79.7 cm³/mol. The molecule has 1 aromatic carbocycles. The molecule has 5 heteroatoms. The number of aromatic nitrogens is 2. The van der Waals surface area contributed by atoms with Gasteiger partial charge in [0.2, 0.25) is 0 Å². The molecule has 1 heterocycles. The maximum Gasteiger partial charge on any atom is 0.129 e. The number of halogens is 1. The van der Waals surface area contributed by atoms with Crippen LogP contribution in [0.2, 0.25) is 5.02 Å². The van der Waals surface area contributed by atoms with Crippen molar-refractivity contribution < 1.29 is 0 Å². The van der Waals surface area contributed by atoms with E-state index in [1.54, 1.807) is 0 Å². The molecule has 2 aromatic rings. The average Bonchev–Trinajstić information content (AvgIpc) is 2.84. The van der Waals surface area contributed by atoms with Crippen molar-refractivity contribution in [3.8, 4) is 0 Å². The Labute approximate surface area is 117 Å². The van der Waals surface area contributed by atoms with Crippen molar-refractivity contribution in [2.45, 2.75) is 39.0 Å². The fraction of sp³-hybridized carbons (Fsp3) is 0.538. The van der Waals surface area contributed by atoms with Gasteiger partial charge in [0, 0.05) is 6.54 Å². The van der Waals surface area contributed by atoms with Crippen molar-refractivity contribution in [2.75, 3.05) is 11.9 Å². The molecule has 0 saturated carbocycles. The molecule has 0 amide bonds. The van der Waals surface area contributed by atoms with Crippen molar-refractivity contribution in [2.24, 2.45) is 0 Å². The topological polar surface area (TPSA) is 37.8 Å². The molecule has 1 N–H and O–H groups in total. The van der Waals surface area contributed by atoms with Crippen LogP contribution in [0, 0.1) is 0 Å². The average molecular weight is 284 g/mol. The minimum absolute atomic E-state index is 0.726. The van der Waals surface area contributed by atoms with E-state index >= 15 is 0 Å². The van der Waals surface area contributed by atoms with Crippen LogP contribution in [0.15, 0.2) is 12.1 Å². The van der Waals surface area contributed by atoms with Crippen molar-refractivity contribution in [3.63, 3.8) is 0 Å². The molecule has 98 valence electrons. The van der Waals surface area contributed by atoms with E-state index in [9.17, 15) is 0 Å². The third kappa shape index (κ3) is 3.33. The van der Waals surface area contributed by atoms with Gasteiger partial charge in [0.05, 0.1) is 22.4 Å². The second-order valence-corrected chi connectivity index (χ2v) is 5.33. The highest BCUT2D eigenvalue weighted by Crippen LogP contribution is 2.29. The number of rotatable bonds is 7. The Morgan fingerprint density at radius 1 is 1.17 bits per heavy atom. The number of nitrogens with zero attached hydrogens (tertiary/aromatic N) is 2. The normalized spacial score (nSPS) is 11.0. The molecule has 1 aromatic heterocycles. The van der Waals surface area contributed by atoms with E-state index in [0.29, 0.717) is 0 Å². The van der Waals surface area contributed by atoms with Gasteiger partial charge in [0.15, 0.2) is 0 Å². The number of fused-ring (bicyclic) bond motifs is 1. The van der Waals surface area contributed by atoms with E-state index in [-0.39, 0.29) is 0 Å². The number of nitrogens with one attached hydrogen (secondary N) is 1. The van der Waals surface area contributed by atoms with Gasteiger partial charge in [0.1, 0.15) is 11.0 Å². The van der Waals surface area contributed by atoms with Crippen LogP contribution in [0.1, 0.15) is 39.0 Å². The van der Waals surface area contributed by atoms with Crippen LogP contribution in [0.3, 0.4) is 0 Å². The van der Waals surface area contributed by atoms with Crippen molar-refractivity contribution >= 4 is 40.0 Å². The second-order valence-electron chi connectivity index (χ2n) is 4.40. The van der Waals surface area contributed by atoms with Gasteiger partial charge in [-0.1, -0.05) is 44.2 Å². The third-order valence-electron chi connectivity index (χ3n) is 2.96. The number of anilines is 1. The molecule has 0 aliphatic heterocycles. The molecule has 0 bridgehead atoms. The van der Waals surface area contributed by atoms with E-state index < -0.39 is 0 Å². The first-order valence-corrected chi connectivity index (χ1v) is 7.58. The molecule has 2 rings (SSSR count). The lowest BCUT2D eigenvalue weighted by atomic mass is 10.1. The molecule has 3 nitrogen and oxygen atoms in total. The van der Waals surface area contributed by atoms with Gasteiger partial charge >= 0.3 is 0 Å². The van der Waals surface area contributed by atoms with E-state index in [1.807, 2.05) is 12.1 Å². The standard InChI is InChI=1S/C13H18ClN3S/c1-2-3-4-5-6-9-15-12-10(14)7-8-11-13(12)17-18-16-11/h7-8,15H,2-6,9H2,1H3. The lowest BCUT2D eigenvalue weighted by molar-refractivity contribution is 0.645. The molecule has 0 atom stereocenters. The van der Waals surface area contributed by atoms with Crippen LogP contribution in [-0.2, 0) is 0 Å². The molecular formula is C13H18ClN3S. The Balaban J connectivity index is 1.90. The van der Waals surface area contributed by atoms with Gasteiger partial charge in [-0.25, -0.2) is 0 Å². The third-order valence-corrected chi connectivity index (χ3v) is 3.82. The number of benzene rings is 1. The monoisotopic (exact) mass is 283 g/mol. The molecule has 0 spiro atoms. The fourth-order valence-corrected chi connectivity index (χ4v) is 2.70. The largest absolute Gasteiger partial charge is 0.382 e. The predicted octanol–water partition coefficient (Wildman–Crippen LogP) is 4.73. The minimum Gasteiger partial charge on any atom is -0.382 e. The highest BCUT2D eigenvalue weighted by molar-refractivity contribution is 7.00. The summed E-state index contributed by atoms with van der Waals surface area (Å²) in [6, 6.07) is 3.79. The van der Waals surface area contributed by atoms with E-state index in [2.05, 4.69) is 21.0 Å². The summed E-state index contributed by atoms with van der Waals surface area (Å²) in [5.74, 6) is 0.